The standard InChI is InChI=1S/C14H13Cl2NO4.C2HF3O2/c15-9-1-8(2-10(16)3-9)4-17-6-13(11(18)19)5-14(13,7-17)12(20)21;3-2(4,5)1(6)7/h1-3H,4-7H2,(H,18,19)(H,20,21);(H,6,7)/t13-,14+;. The van der Waals surface area contributed by atoms with Crippen LogP contribution in [-0.4, -0.2) is 57.4 Å². The molecule has 1 aromatic rings. The smallest absolute Gasteiger partial charge is 0.481 e. The molecule has 28 heavy (non-hydrogen) atoms. The molecule has 3 rings (SSSR count). The number of hydrogen-bond donors (Lipinski definition) is 3. The van der Waals surface area contributed by atoms with Crippen LogP contribution in [0.3, 0.4) is 0 Å². The molecule has 0 aromatic heterocycles. The lowest BCUT2D eigenvalue weighted by Crippen LogP contribution is -2.28. The van der Waals surface area contributed by atoms with Crippen LogP contribution in [0.25, 0.3) is 0 Å². The lowest BCUT2D eigenvalue weighted by Gasteiger charge is -2.19. The van der Waals surface area contributed by atoms with Gasteiger partial charge in [-0.25, -0.2) is 4.79 Å². The number of benzene rings is 1. The van der Waals surface area contributed by atoms with Gasteiger partial charge < -0.3 is 15.3 Å². The van der Waals surface area contributed by atoms with Crippen molar-refractivity contribution in [2.45, 2.75) is 19.1 Å². The van der Waals surface area contributed by atoms with E-state index in [4.69, 9.17) is 33.1 Å². The van der Waals surface area contributed by atoms with Crippen molar-refractivity contribution in [1.82, 2.24) is 4.90 Å². The molecule has 1 saturated heterocycles. The number of hydrogen-bond acceptors (Lipinski definition) is 4. The minimum absolute atomic E-state index is 0.206. The van der Waals surface area contributed by atoms with E-state index >= 15 is 0 Å². The summed E-state index contributed by atoms with van der Waals surface area (Å²) in [6.07, 6.45) is -4.88. The van der Waals surface area contributed by atoms with Crippen LogP contribution in [0.5, 0.6) is 0 Å². The highest BCUT2D eigenvalue weighted by molar-refractivity contribution is 6.34. The summed E-state index contributed by atoms with van der Waals surface area (Å²) in [5.74, 6) is -4.82. The maximum Gasteiger partial charge on any atom is 0.490 e. The summed E-state index contributed by atoms with van der Waals surface area (Å²) in [6, 6.07) is 5.11. The Kier molecular flexibility index (Phi) is 5.89. The Balaban J connectivity index is 0.000000345. The zero-order valence-electron chi connectivity index (χ0n) is 14.0. The zero-order valence-corrected chi connectivity index (χ0v) is 15.5. The molecule has 2 aliphatic rings. The summed E-state index contributed by atoms with van der Waals surface area (Å²) in [6.45, 7) is 0.905. The number of aliphatic carboxylic acids is 3. The highest BCUT2D eigenvalue weighted by Gasteiger charge is 2.80. The highest BCUT2D eigenvalue weighted by Crippen LogP contribution is 2.68. The van der Waals surface area contributed by atoms with Crippen LogP contribution < -0.4 is 0 Å². The molecule has 2 atom stereocenters. The van der Waals surface area contributed by atoms with Crippen molar-refractivity contribution in [3.63, 3.8) is 0 Å². The topological polar surface area (TPSA) is 115 Å². The number of carboxylic acid groups (broad SMARTS) is 3. The van der Waals surface area contributed by atoms with Crippen LogP contribution in [0.4, 0.5) is 13.2 Å². The van der Waals surface area contributed by atoms with Crippen LogP contribution >= 0.6 is 23.2 Å². The van der Waals surface area contributed by atoms with Gasteiger partial charge in [-0.2, -0.15) is 13.2 Å². The summed E-state index contributed by atoms with van der Waals surface area (Å²) < 4.78 is 31.7. The van der Waals surface area contributed by atoms with Crippen LogP contribution in [0, 0.1) is 10.8 Å². The maximum absolute atomic E-state index is 11.4. The van der Waals surface area contributed by atoms with Gasteiger partial charge >= 0.3 is 24.1 Å². The largest absolute Gasteiger partial charge is 0.490 e. The van der Waals surface area contributed by atoms with E-state index in [1.165, 1.54) is 0 Å². The number of alkyl halides is 3. The molecule has 1 saturated carbocycles. The molecule has 0 radical (unpaired) electrons. The van der Waals surface area contributed by atoms with Crippen LogP contribution in [0.2, 0.25) is 10.0 Å². The Morgan fingerprint density at radius 2 is 1.36 bits per heavy atom. The first-order valence-electron chi connectivity index (χ1n) is 7.68. The number of carboxylic acids is 3. The third-order valence-electron chi connectivity index (χ3n) is 4.77. The number of rotatable bonds is 4. The molecule has 2 fully saturated rings. The normalized spacial score (nSPS) is 26.0. The SMILES string of the molecule is O=C(O)C(F)(F)F.O=C(O)[C@@]12CN(Cc3cc(Cl)cc(Cl)c3)C[C@]1(C(=O)O)C2. The monoisotopic (exact) mass is 443 g/mol. The number of likely N-dealkylation sites (tertiary alicyclic amines) is 1. The molecule has 3 N–H and O–H groups in total. The first-order valence-corrected chi connectivity index (χ1v) is 8.43. The van der Waals surface area contributed by atoms with E-state index in [2.05, 4.69) is 0 Å². The highest BCUT2D eigenvalue weighted by atomic mass is 35.5. The van der Waals surface area contributed by atoms with E-state index in [1.807, 2.05) is 4.90 Å². The zero-order chi connectivity index (χ0) is 21.5. The Morgan fingerprint density at radius 1 is 0.964 bits per heavy atom. The maximum atomic E-state index is 11.4. The van der Waals surface area contributed by atoms with E-state index in [0.717, 1.165) is 5.56 Å². The third kappa shape index (κ3) is 4.18. The van der Waals surface area contributed by atoms with Crippen molar-refractivity contribution < 1.29 is 42.9 Å². The van der Waals surface area contributed by atoms with Crippen molar-refractivity contribution in [3.05, 3.63) is 33.8 Å². The molecule has 154 valence electrons. The molecule has 0 amide bonds. The first kappa shape index (κ1) is 22.3. The van der Waals surface area contributed by atoms with Gasteiger partial charge in [0.25, 0.3) is 0 Å². The van der Waals surface area contributed by atoms with Gasteiger partial charge in [0.05, 0.1) is 10.8 Å². The molecule has 0 unspecified atom stereocenters. The van der Waals surface area contributed by atoms with E-state index in [0.29, 0.717) is 16.6 Å². The van der Waals surface area contributed by atoms with E-state index in [9.17, 15) is 33.0 Å². The van der Waals surface area contributed by atoms with Gasteiger partial charge in [0, 0.05) is 29.7 Å². The van der Waals surface area contributed by atoms with Crippen LogP contribution in [-0.2, 0) is 20.9 Å². The Morgan fingerprint density at radius 3 is 1.68 bits per heavy atom. The third-order valence-corrected chi connectivity index (χ3v) is 5.21. The van der Waals surface area contributed by atoms with Crippen molar-refractivity contribution in [3.8, 4) is 0 Å². The summed E-state index contributed by atoms with van der Waals surface area (Å²) in [5, 5.41) is 26.9. The van der Waals surface area contributed by atoms with Crippen molar-refractivity contribution in [1.29, 1.82) is 0 Å². The van der Waals surface area contributed by atoms with Crippen molar-refractivity contribution in [2.24, 2.45) is 10.8 Å². The number of piperidine rings is 1. The Hall–Kier alpha value is -2.04. The van der Waals surface area contributed by atoms with Gasteiger partial charge in [-0.05, 0) is 30.2 Å². The molecule has 1 aliphatic heterocycles. The summed E-state index contributed by atoms with van der Waals surface area (Å²) in [7, 11) is 0. The van der Waals surface area contributed by atoms with E-state index < -0.39 is 34.9 Å². The second-order valence-corrected chi connectivity index (χ2v) is 7.55. The van der Waals surface area contributed by atoms with Gasteiger partial charge in [0.2, 0.25) is 0 Å². The van der Waals surface area contributed by atoms with E-state index in [-0.39, 0.29) is 19.5 Å². The summed E-state index contributed by atoms with van der Waals surface area (Å²) in [4.78, 5) is 33.6. The molecule has 0 bridgehead atoms. The minimum atomic E-state index is -5.08. The first-order chi connectivity index (χ1) is 12.7. The molecular weight excluding hydrogens is 430 g/mol. The predicted octanol–water partition coefficient (Wildman–Crippen LogP) is 2.99. The molecular formula is C16H14Cl2F3NO6. The molecule has 0 spiro atoms. The average Bonchev–Trinajstić information content (AvgIpc) is 3.05. The fourth-order valence-electron chi connectivity index (χ4n) is 3.47. The lowest BCUT2D eigenvalue weighted by atomic mass is 9.97. The molecule has 1 aliphatic carbocycles. The quantitative estimate of drug-likeness (QED) is 0.654. The number of nitrogens with zero attached hydrogens (tertiary/aromatic N) is 1. The van der Waals surface area contributed by atoms with Crippen molar-refractivity contribution >= 4 is 41.1 Å². The fourth-order valence-corrected chi connectivity index (χ4v) is 4.04. The second-order valence-electron chi connectivity index (χ2n) is 6.68. The molecule has 1 aromatic carbocycles. The minimum Gasteiger partial charge on any atom is -0.481 e. The Bertz CT molecular complexity index is 785. The predicted molar refractivity (Wildman–Crippen MR) is 90.2 cm³/mol. The van der Waals surface area contributed by atoms with Gasteiger partial charge in [0.15, 0.2) is 0 Å². The van der Waals surface area contributed by atoms with Gasteiger partial charge in [-0.15, -0.1) is 0 Å². The molecule has 12 heteroatoms. The van der Waals surface area contributed by atoms with Crippen LogP contribution in [0.1, 0.15) is 12.0 Å². The van der Waals surface area contributed by atoms with Gasteiger partial charge in [0.1, 0.15) is 0 Å². The molecule has 7 nitrogen and oxygen atoms in total. The molecule has 1 heterocycles. The average molecular weight is 444 g/mol. The lowest BCUT2D eigenvalue weighted by molar-refractivity contribution is -0.192. The van der Waals surface area contributed by atoms with Gasteiger partial charge in [-0.1, -0.05) is 23.2 Å². The van der Waals surface area contributed by atoms with E-state index in [1.54, 1.807) is 18.2 Å². The van der Waals surface area contributed by atoms with Crippen molar-refractivity contribution in [2.75, 3.05) is 13.1 Å². The number of fused-ring (bicyclic) bond motifs is 1. The number of halogens is 5. The Labute approximate surface area is 166 Å². The number of carbonyl (C=O) groups is 3. The second kappa shape index (κ2) is 7.41. The van der Waals surface area contributed by atoms with Crippen LogP contribution in [0.15, 0.2) is 18.2 Å². The summed E-state index contributed by atoms with van der Waals surface area (Å²) in [5.41, 5.74) is -1.46. The van der Waals surface area contributed by atoms with Gasteiger partial charge in [-0.3, -0.25) is 14.5 Å². The fraction of sp³-hybridized carbons (Fsp3) is 0.438. The summed E-state index contributed by atoms with van der Waals surface area (Å²) >= 11 is 11.9.